The van der Waals surface area contributed by atoms with E-state index in [1.165, 1.54) is 4.90 Å². The summed E-state index contributed by atoms with van der Waals surface area (Å²) < 4.78 is 11.4. The van der Waals surface area contributed by atoms with E-state index >= 15 is 0 Å². The molecule has 0 bridgehead atoms. The lowest BCUT2D eigenvalue weighted by molar-refractivity contribution is -0.130. The molecule has 0 spiro atoms. The second-order valence-corrected chi connectivity index (χ2v) is 8.74. The Balaban J connectivity index is 1.74. The third-order valence-electron chi connectivity index (χ3n) is 5.74. The van der Waals surface area contributed by atoms with Crippen molar-refractivity contribution in [3.63, 3.8) is 0 Å². The number of aliphatic hydroxyl groups excluding tert-OH is 1. The molecule has 1 aromatic heterocycles. The summed E-state index contributed by atoms with van der Waals surface area (Å²) in [5, 5.41) is 12.0. The fraction of sp³-hybridized carbons (Fsp3) is 0.308. The zero-order chi connectivity index (χ0) is 23.7. The quantitative estimate of drug-likeness (QED) is 0.433. The summed E-state index contributed by atoms with van der Waals surface area (Å²) in [6.45, 7) is 6.38. The molecule has 0 saturated carbocycles. The number of halogens is 1. The number of carbonyl (C=O) groups excluding carboxylic acids is 2. The fourth-order valence-corrected chi connectivity index (χ4v) is 4.22. The first-order chi connectivity index (χ1) is 15.8. The first kappa shape index (κ1) is 23.1. The minimum absolute atomic E-state index is 0.000974. The Morgan fingerprint density at radius 3 is 2.58 bits per heavy atom. The van der Waals surface area contributed by atoms with E-state index in [0.717, 1.165) is 17.5 Å². The molecule has 2 heterocycles. The molecule has 0 saturated heterocycles. The van der Waals surface area contributed by atoms with Gasteiger partial charge in [-0.05, 0) is 55.7 Å². The van der Waals surface area contributed by atoms with Gasteiger partial charge in [0.15, 0.2) is 11.5 Å². The van der Waals surface area contributed by atoms with Crippen molar-refractivity contribution in [2.45, 2.75) is 39.3 Å². The van der Waals surface area contributed by atoms with Gasteiger partial charge in [-0.1, -0.05) is 42.8 Å². The topological polar surface area (TPSA) is 80.0 Å². The Kier molecular flexibility index (Phi) is 6.58. The van der Waals surface area contributed by atoms with E-state index in [2.05, 4.69) is 6.92 Å². The highest BCUT2D eigenvalue weighted by Crippen LogP contribution is 2.39. The van der Waals surface area contributed by atoms with Crippen LogP contribution in [-0.4, -0.2) is 41.0 Å². The minimum Gasteiger partial charge on any atom is -0.503 e. The Bertz CT molecular complexity index is 1230. The first-order valence-electron chi connectivity index (χ1n) is 11.0. The molecule has 33 heavy (non-hydrogen) atoms. The molecule has 4 rings (SSSR count). The van der Waals surface area contributed by atoms with Crippen LogP contribution in [0.25, 0.3) is 11.0 Å². The van der Waals surface area contributed by atoms with Gasteiger partial charge >= 0.3 is 0 Å². The molecule has 3 aromatic rings. The molecule has 0 radical (unpaired) electrons. The summed E-state index contributed by atoms with van der Waals surface area (Å²) >= 11 is 6.06. The third-order valence-corrected chi connectivity index (χ3v) is 5.97. The molecule has 172 valence electrons. The van der Waals surface area contributed by atoms with E-state index < -0.39 is 23.5 Å². The Hall–Kier alpha value is -3.09. The van der Waals surface area contributed by atoms with Crippen LogP contribution in [0.1, 0.15) is 48.5 Å². The van der Waals surface area contributed by atoms with Gasteiger partial charge in [-0.2, -0.15) is 0 Å². The largest absolute Gasteiger partial charge is 0.503 e. The number of ether oxygens (including phenoxy) is 1. The summed E-state index contributed by atoms with van der Waals surface area (Å²) in [7, 11) is 0. The lowest BCUT2D eigenvalue weighted by atomic mass is 9.94. The van der Waals surface area contributed by atoms with E-state index in [9.17, 15) is 14.7 Å². The fourth-order valence-electron chi connectivity index (χ4n) is 4.04. The van der Waals surface area contributed by atoms with Gasteiger partial charge in [0.1, 0.15) is 5.58 Å². The van der Waals surface area contributed by atoms with Crippen molar-refractivity contribution in [2.75, 3.05) is 13.2 Å². The molecule has 1 N–H and O–H groups in total. The highest BCUT2D eigenvalue weighted by atomic mass is 35.5. The van der Waals surface area contributed by atoms with Gasteiger partial charge in [0.05, 0.1) is 24.3 Å². The van der Waals surface area contributed by atoms with Crippen LogP contribution in [0, 0.1) is 0 Å². The molecule has 0 aliphatic carbocycles. The van der Waals surface area contributed by atoms with Crippen molar-refractivity contribution in [3.8, 4) is 0 Å². The second-order valence-electron chi connectivity index (χ2n) is 8.30. The Labute approximate surface area is 197 Å². The van der Waals surface area contributed by atoms with E-state index in [0.29, 0.717) is 16.0 Å². The second kappa shape index (κ2) is 9.41. The maximum Gasteiger partial charge on any atom is 0.290 e. The van der Waals surface area contributed by atoms with Crippen molar-refractivity contribution < 1.29 is 23.8 Å². The summed E-state index contributed by atoms with van der Waals surface area (Å²) in [5.41, 5.74) is 2.36. The standard InChI is InChI=1S/C26H26ClNO5/c1-4-16-5-7-17(8-6-16)23-22(25(30)26(31)28(23)11-12-32-15(2)3)24(29)21-14-18-13-19(27)9-10-20(18)33-21/h5-10,13-15,23,30H,4,11-12H2,1-3H3. The zero-order valence-corrected chi connectivity index (χ0v) is 19.6. The summed E-state index contributed by atoms with van der Waals surface area (Å²) in [6, 6.07) is 13.6. The molecule has 1 amide bonds. The average molecular weight is 468 g/mol. The number of fused-ring (bicyclic) bond motifs is 1. The molecule has 1 aliphatic heterocycles. The molecule has 1 unspecified atom stereocenters. The Morgan fingerprint density at radius 1 is 1.18 bits per heavy atom. The van der Waals surface area contributed by atoms with Crippen LogP contribution in [0.2, 0.25) is 5.02 Å². The van der Waals surface area contributed by atoms with Gasteiger partial charge in [-0.15, -0.1) is 0 Å². The predicted octanol–water partition coefficient (Wildman–Crippen LogP) is 5.65. The molecule has 1 aliphatic rings. The number of aliphatic hydroxyl groups is 1. The average Bonchev–Trinajstić information content (AvgIpc) is 3.32. The number of Topliss-reactive ketones (excluding diaryl/α,β-unsaturated/α-hetero) is 1. The van der Waals surface area contributed by atoms with Crippen molar-refractivity contribution in [1.82, 2.24) is 4.90 Å². The van der Waals surface area contributed by atoms with Crippen LogP contribution in [0.15, 0.2) is 64.3 Å². The van der Waals surface area contributed by atoms with Gasteiger partial charge in [-0.25, -0.2) is 0 Å². The summed E-state index contributed by atoms with van der Waals surface area (Å²) in [5.74, 6) is -1.66. The van der Waals surface area contributed by atoms with Crippen LogP contribution in [-0.2, 0) is 16.0 Å². The third kappa shape index (κ3) is 4.54. The number of hydrogen-bond acceptors (Lipinski definition) is 5. The zero-order valence-electron chi connectivity index (χ0n) is 18.8. The molecular formula is C26H26ClNO5. The molecular weight excluding hydrogens is 442 g/mol. The molecule has 7 heteroatoms. The van der Waals surface area contributed by atoms with Crippen molar-refractivity contribution in [1.29, 1.82) is 0 Å². The van der Waals surface area contributed by atoms with Gasteiger partial charge in [0, 0.05) is 17.0 Å². The van der Waals surface area contributed by atoms with Crippen LogP contribution >= 0.6 is 11.6 Å². The summed E-state index contributed by atoms with van der Waals surface area (Å²) in [6.07, 6.45) is 0.861. The number of aryl methyl sites for hydroxylation is 1. The molecule has 6 nitrogen and oxygen atoms in total. The van der Waals surface area contributed by atoms with Crippen LogP contribution in [0.4, 0.5) is 0 Å². The van der Waals surface area contributed by atoms with Gasteiger partial charge in [-0.3, -0.25) is 9.59 Å². The highest BCUT2D eigenvalue weighted by molar-refractivity contribution is 6.31. The lowest BCUT2D eigenvalue weighted by Crippen LogP contribution is -2.34. The van der Waals surface area contributed by atoms with Crippen LogP contribution in [0.5, 0.6) is 0 Å². The van der Waals surface area contributed by atoms with Crippen molar-refractivity contribution in [3.05, 3.63) is 81.8 Å². The van der Waals surface area contributed by atoms with Gasteiger partial charge < -0.3 is 19.2 Å². The lowest BCUT2D eigenvalue weighted by Gasteiger charge is -2.27. The molecule has 0 fully saturated rings. The number of furan rings is 1. The van der Waals surface area contributed by atoms with E-state index in [4.69, 9.17) is 20.8 Å². The number of hydrogen-bond donors (Lipinski definition) is 1. The van der Waals surface area contributed by atoms with Crippen LogP contribution in [0.3, 0.4) is 0 Å². The number of nitrogens with zero attached hydrogens (tertiary/aromatic N) is 1. The smallest absolute Gasteiger partial charge is 0.290 e. The van der Waals surface area contributed by atoms with Gasteiger partial charge in [0.25, 0.3) is 5.91 Å². The van der Waals surface area contributed by atoms with Crippen molar-refractivity contribution in [2.24, 2.45) is 0 Å². The minimum atomic E-state index is -0.747. The number of ketones is 1. The number of carbonyl (C=O) groups is 2. The highest BCUT2D eigenvalue weighted by Gasteiger charge is 2.44. The van der Waals surface area contributed by atoms with E-state index in [-0.39, 0.29) is 30.6 Å². The Morgan fingerprint density at radius 2 is 1.91 bits per heavy atom. The first-order valence-corrected chi connectivity index (χ1v) is 11.4. The monoisotopic (exact) mass is 467 g/mol. The van der Waals surface area contributed by atoms with Gasteiger partial charge in [0.2, 0.25) is 5.78 Å². The maximum atomic E-state index is 13.5. The predicted molar refractivity (Wildman–Crippen MR) is 127 cm³/mol. The van der Waals surface area contributed by atoms with Crippen LogP contribution < -0.4 is 0 Å². The van der Waals surface area contributed by atoms with Crippen molar-refractivity contribution >= 4 is 34.3 Å². The molecule has 2 aromatic carbocycles. The molecule has 1 atom stereocenters. The van der Waals surface area contributed by atoms with E-state index in [1.807, 2.05) is 38.1 Å². The van der Waals surface area contributed by atoms with E-state index in [1.54, 1.807) is 24.3 Å². The summed E-state index contributed by atoms with van der Waals surface area (Å²) in [4.78, 5) is 28.0. The number of rotatable bonds is 8. The SMILES string of the molecule is CCc1ccc(C2C(C(=O)c3cc4cc(Cl)ccc4o3)=C(O)C(=O)N2CCOC(C)C)cc1. The normalized spacial score (nSPS) is 16.5. The maximum absolute atomic E-state index is 13.5. The number of amides is 1. The number of benzene rings is 2.